The Morgan fingerprint density at radius 1 is 0.966 bits per heavy atom. The molecule has 0 unspecified atom stereocenters. The summed E-state index contributed by atoms with van der Waals surface area (Å²) in [5, 5.41) is 7.48. The van der Waals surface area contributed by atoms with E-state index < -0.39 is 0 Å². The molecule has 0 aliphatic carbocycles. The van der Waals surface area contributed by atoms with E-state index in [0.717, 1.165) is 5.56 Å². The zero-order valence-electron chi connectivity index (χ0n) is 16.8. The van der Waals surface area contributed by atoms with Gasteiger partial charge in [0, 0.05) is 18.5 Å². The number of rotatable bonds is 7. The first-order valence-corrected chi connectivity index (χ1v) is 10.1. The fourth-order valence-corrected chi connectivity index (χ4v) is 2.81. The molecule has 0 spiro atoms. The molecule has 0 bridgehead atoms. The fourth-order valence-electron chi connectivity index (χ4n) is 2.51. The maximum absolute atomic E-state index is 11.9. The standard InChI is InChI=1S/C22H25Cl2N3O2/c1-22(2,3)16-9-7-15(8-10-16)14-25-27-21(29)6-4-5-20(28)26-17-11-12-18(23)19(24)13-17/h7-14H,4-6H2,1-3H3,(H,26,28)(H,27,29)/b25-14-. The lowest BCUT2D eigenvalue weighted by atomic mass is 9.87. The van der Waals surface area contributed by atoms with E-state index in [9.17, 15) is 9.59 Å². The molecule has 2 amide bonds. The zero-order chi connectivity index (χ0) is 21.4. The highest BCUT2D eigenvalue weighted by Crippen LogP contribution is 2.25. The molecule has 154 valence electrons. The SMILES string of the molecule is CC(C)(C)c1ccc(/C=N\NC(=O)CCCC(=O)Nc2ccc(Cl)c(Cl)c2)cc1. The quantitative estimate of drug-likeness (QED) is 0.443. The summed E-state index contributed by atoms with van der Waals surface area (Å²) in [7, 11) is 0. The number of amides is 2. The molecule has 0 aromatic heterocycles. The van der Waals surface area contributed by atoms with Gasteiger partial charge in [-0.15, -0.1) is 0 Å². The van der Waals surface area contributed by atoms with Crippen molar-refractivity contribution >= 4 is 46.9 Å². The Kier molecular flexibility index (Phi) is 8.23. The van der Waals surface area contributed by atoms with Crippen molar-refractivity contribution in [2.45, 2.75) is 45.4 Å². The van der Waals surface area contributed by atoms with E-state index in [1.807, 2.05) is 12.1 Å². The Bertz CT molecular complexity index is 888. The van der Waals surface area contributed by atoms with Crippen LogP contribution in [0.5, 0.6) is 0 Å². The van der Waals surface area contributed by atoms with Crippen LogP contribution in [0.1, 0.15) is 51.2 Å². The van der Waals surface area contributed by atoms with Gasteiger partial charge in [0.1, 0.15) is 0 Å². The van der Waals surface area contributed by atoms with Crippen LogP contribution in [0.25, 0.3) is 0 Å². The van der Waals surface area contributed by atoms with E-state index in [1.54, 1.807) is 24.4 Å². The summed E-state index contributed by atoms with van der Waals surface area (Å²) in [5.74, 6) is -0.437. The number of carbonyl (C=O) groups excluding carboxylic acids is 2. The van der Waals surface area contributed by atoms with Crippen molar-refractivity contribution in [3.63, 3.8) is 0 Å². The number of hydrazone groups is 1. The molecule has 0 aliphatic rings. The van der Waals surface area contributed by atoms with Crippen molar-refractivity contribution in [2.24, 2.45) is 5.10 Å². The van der Waals surface area contributed by atoms with Crippen LogP contribution >= 0.6 is 23.2 Å². The smallest absolute Gasteiger partial charge is 0.240 e. The maximum atomic E-state index is 11.9. The number of anilines is 1. The fraction of sp³-hybridized carbons (Fsp3) is 0.318. The van der Waals surface area contributed by atoms with Gasteiger partial charge in [-0.3, -0.25) is 9.59 Å². The molecule has 7 heteroatoms. The average Bonchev–Trinajstić information content (AvgIpc) is 2.64. The van der Waals surface area contributed by atoms with Gasteiger partial charge in [0.25, 0.3) is 0 Å². The highest BCUT2D eigenvalue weighted by atomic mass is 35.5. The molecule has 2 aromatic rings. The normalized spacial score (nSPS) is 11.5. The summed E-state index contributed by atoms with van der Waals surface area (Å²) < 4.78 is 0. The van der Waals surface area contributed by atoms with Crippen molar-refractivity contribution in [2.75, 3.05) is 5.32 Å². The summed E-state index contributed by atoms with van der Waals surface area (Å²) in [6, 6.07) is 12.9. The van der Waals surface area contributed by atoms with Gasteiger partial charge < -0.3 is 5.32 Å². The number of halogens is 2. The number of hydrogen-bond acceptors (Lipinski definition) is 3. The second-order valence-corrected chi connectivity index (χ2v) is 8.51. The zero-order valence-corrected chi connectivity index (χ0v) is 18.3. The van der Waals surface area contributed by atoms with Gasteiger partial charge in [-0.1, -0.05) is 68.2 Å². The molecule has 2 aromatic carbocycles. The van der Waals surface area contributed by atoms with Crippen LogP contribution < -0.4 is 10.7 Å². The van der Waals surface area contributed by atoms with E-state index in [1.165, 1.54) is 5.56 Å². The minimum absolute atomic E-state index is 0.0933. The highest BCUT2D eigenvalue weighted by molar-refractivity contribution is 6.42. The number of carbonyl (C=O) groups is 2. The Morgan fingerprint density at radius 2 is 1.62 bits per heavy atom. The number of benzene rings is 2. The van der Waals surface area contributed by atoms with E-state index in [2.05, 4.69) is 48.7 Å². The average molecular weight is 434 g/mol. The van der Waals surface area contributed by atoms with E-state index in [-0.39, 0.29) is 30.1 Å². The first-order chi connectivity index (χ1) is 13.6. The predicted octanol–water partition coefficient (Wildman–Crippen LogP) is 5.55. The largest absolute Gasteiger partial charge is 0.326 e. The molecule has 0 atom stereocenters. The monoisotopic (exact) mass is 433 g/mol. The minimum Gasteiger partial charge on any atom is -0.326 e. The minimum atomic E-state index is -0.241. The van der Waals surface area contributed by atoms with Gasteiger partial charge in [-0.2, -0.15) is 5.10 Å². The van der Waals surface area contributed by atoms with Crippen molar-refractivity contribution in [1.82, 2.24) is 5.43 Å². The lowest BCUT2D eigenvalue weighted by Gasteiger charge is -2.18. The Morgan fingerprint density at radius 3 is 2.24 bits per heavy atom. The van der Waals surface area contributed by atoms with Crippen molar-refractivity contribution < 1.29 is 9.59 Å². The summed E-state index contributed by atoms with van der Waals surface area (Å²) in [5.41, 5.74) is 5.27. The molecule has 29 heavy (non-hydrogen) atoms. The summed E-state index contributed by atoms with van der Waals surface area (Å²) in [4.78, 5) is 23.8. The lowest BCUT2D eigenvalue weighted by molar-refractivity contribution is -0.121. The number of nitrogens with zero attached hydrogens (tertiary/aromatic N) is 1. The summed E-state index contributed by atoms with van der Waals surface area (Å²) in [6.07, 6.45) is 2.43. The second kappa shape index (κ2) is 10.4. The van der Waals surface area contributed by atoms with Gasteiger partial charge in [-0.25, -0.2) is 5.43 Å². The second-order valence-electron chi connectivity index (χ2n) is 7.70. The third kappa shape index (κ3) is 7.87. The Hall–Kier alpha value is -2.37. The molecular weight excluding hydrogens is 409 g/mol. The van der Waals surface area contributed by atoms with Gasteiger partial charge in [0.05, 0.1) is 16.3 Å². The van der Waals surface area contributed by atoms with E-state index >= 15 is 0 Å². The molecule has 0 aliphatic heterocycles. The first kappa shape index (κ1) is 22.9. The number of nitrogens with one attached hydrogen (secondary N) is 2. The maximum Gasteiger partial charge on any atom is 0.240 e. The molecular formula is C22H25Cl2N3O2. The molecule has 2 rings (SSSR count). The lowest BCUT2D eigenvalue weighted by Crippen LogP contribution is -2.18. The first-order valence-electron chi connectivity index (χ1n) is 9.32. The van der Waals surface area contributed by atoms with E-state index in [0.29, 0.717) is 22.2 Å². The molecule has 0 fully saturated rings. The van der Waals surface area contributed by atoms with Crippen LogP contribution in [-0.2, 0) is 15.0 Å². The van der Waals surface area contributed by atoms with Gasteiger partial charge in [0.15, 0.2) is 0 Å². The van der Waals surface area contributed by atoms with Crippen molar-refractivity contribution in [3.05, 3.63) is 63.6 Å². The molecule has 0 saturated carbocycles. The Labute approximate surface area is 181 Å². The topological polar surface area (TPSA) is 70.6 Å². The molecule has 0 radical (unpaired) electrons. The summed E-state index contributed by atoms with van der Waals surface area (Å²) in [6.45, 7) is 6.46. The number of hydrogen-bond donors (Lipinski definition) is 2. The summed E-state index contributed by atoms with van der Waals surface area (Å²) >= 11 is 11.8. The highest BCUT2D eigenvalue weighted by Gasteiger charge is 2.12. The molecule has 0 saturated heterocycles. The molecule has 5 nitrogen and oxygen atoms in total. The van der Waals surface area contributed by atoms with Crippen LogP contribution in [0.3, 0.4) is 0 Å². The van der Waals surface area contributed by atoms with Gasteiger partial charge >= 0.3 is 0 Å². The van der Waals surface area contributed by atoms with Crippen LogP contribution in [0.15, 0.2) is 47.6 Å². The van der Waals surface area contributed by atoms with Crippen LogP contribution in [0, 0.1) is 0 Å². The van der Waals surface area contributed by atoms with E-state index in [4.69, 9.17) is 23.2 Å². The van der Waals surface area contributed by atoms with Gasteiger partial charge in [-0.05, 0) is 41.2 Å². The third-order valence-corrected chi connectivity index (χ3v) is 4.93. The predicted molar refractivity (Wildman–Crippen MR) is 120 cm³/mol. The third-order valence-electron chi connectivity index (χ3n) is 4.19. The van der Waals surface area contributed by atoms with Crippen LogP contribution in [-0.4, -0.2) is 18.0 Å². The van der Waals surface area contributed by atoms with Crippen LogP contribution in [0.4, 0.5) is 5.69 Å². The van der Waals surface area contributed by atoms with Crippen molar-refractivity contribution in [1.29, 1.82) is 0 Å². The van der Waals surface area contributed by atoms with Gasteiger partial charge in [0.2, 0.25) is 11.8 Å². The van der Waals surface area contributed by atoms with Crippen molar-refractivity contribution in [3.8, 4) is 0 Å². The van der Waals surface area contributed by atoms with Crippen LogP contribution in [0.2, 0.25) is 10.0 Å². The molecule has 2 N–H and O–H groups in total. The Balaban J connectivity index is 1.70. The molecule has 0 heterocycles.